The van der Waals surface area contributed by atoms with Gasteiger partial charge < -0.3 is 42.5 Å². The molecule has 6 rings (SSSR count). The SMILES string of the molecule is Cc1cc(C)c(CNCCCNCCCNCCCNCc2c(C)cc(C)cc2-c2ccc(-c3cccc(CNCCCNCCCNCCCNCc4cccc(-c5ccccc5)c4)c3)cc2)c(C)c1. The molecular formula is C63H88N8. The molecule has 0 saturated heterocycles. The minimum atomic E-state index is 0.876. The molecule has 0 amide bonds. The zero-order valence-electron chi connectivity index (χ0n) is 44.2. The van der Waals surface area contributed by atoms with Crippen molar-refractivity contribution in [3.8, 4) is 33.4 Å². The zero-order valence-corrected chi connectivity index (χ0v) is 44.2. The molecule has 0 atom stereocenters. The van der Waals surface area contributed by atoms with Crippen LogP contribution in [0.15, 0.2) is 127 Å². The average molecular weight is 957 g/mol. The summed E-state index contributed by atoms with van der Waals surface area (Å²) in [7, 11) is 0. The van der Waals surface area contributed by atoms with Gasteiger partial charge in [-0.3, -0.25) is 0 Å². The smallest absolute Gasteiger partial charge is 0.0214 e. The standard InChI is InChI=1S/C63H88N8/c1-49-39-51(3)62(52(4)40-49)47-70-37-15-33-66-29-12-30-67-34-16-38-71-48-63-53(5)41-50(2)42-61(63)58-25-23-57(24-26-58)60-22-10-18-55(44-60)46-69-36-14-32-65-28-11-27-64-31-13-35-68-45-54-17-9-21-59(43-54)56-19-7-6-8-20-56/h6-10,17-26,39-44,64-71H,11-16,27-38,45-48H2,1-5H3. The van der Waals surface area contributed by atoms with Crippen molar-refractivity contribution in [3.63, 3.8) is 0 Å². The Labute approximate surface area is 429 Å². The minimum absolute atomic E-state index is 0.876. The van der Waals surface area contributed by atoms with Crippen molar-refractivity contribution in [2.75, 3.05) is 78.5 Å². The first-order valence-corrected chi connectivity index (χ1v) is 27.0. The molecule has 6 aromatic rings. The minimum Gasteiger partial charge on any atom is -0.317 e. The van der Waals surface area contributed by atoms with Crippen molar-refractivity contribution in [2.45, 2.75) is 99.3 Å². The molecule has 8 nitrogen and oxygen atoms in total. The fourth-order valence-electron chi connectivity index (χ4n) is 9.60. The lowest BCUT2D eigenvalue weighted by Crippen LogP contribution is -2.27. The lowest BCUT2D eigenvalue weighted by atomic mass is 9.92. The van der Waals surface area contributed by atoms with Crippen LogP contribution in [-0.2, 0) is 26.2 Å². The number of hydrogen-bond acceptors (Lipinski definition) is 8. The molecule has 0 aromatic heterocycles. The van der Waals surface area contributed by atoms with E-state index in [-0.39, 0.29) is 0 Å². The molecule has 0 aliphatic rings. The summed E-state index contributed by atoms with van der Waals surface area (Å²) in [5, 5.41) is 29.1. The van der Waals surface area contributed by atoms with Crippen molar-refractivity contribution >= 4 is 0 Å². The largest absolute Gasteiger partial charge is 0.317 e. The fourth-order valence-corrected chi connectivity index (χ4v) is 9.60. The van der Waals surface area contributed by atoms with Crippen molar-refractivity contribution in [2.24, 2.45) is 0 Å². The average Bonchev–Trinajstić information content (AvgIpc) is 3.37. The molecule has 380 valence electrons. The normalized spacial score (nSPS) is 11.5. The third-order valence-corrected chi connectivity index (χ3v) is 13.5. The van der Waals surface area contributed by atoms with Gasteiger partial charge in [-0.05, 0) is 236 Å². The van der Waals surface area contributed by atoms with E-state index in [1.54, 1.807) is 0 Å². The molecule has 0 saturated carbocycles. The maximum absolute atomic E-state index is 3.75. The Morgan fingerprint density at radius 3 is 1.06 bits per heavy atom. The summed E-state index contributed by atoms with van der Waals surface area (Å²) in [6.07, 6.45) is 6.82. The molecule has 0 spiro atoms. The van der Waals surface area contributed by atoms with Crippen LogP contribution in [-0.4, -0.2) is 78.5 Å². The maximum atomic E-state index is 3.75. The van der Waals surface area contributed by atoms with Gasteiger partial charge in [0.15, 0.2) is 0 Å². The Kier molecular flexibility index (Phi) is 25.0. The highest BCUT2D eigenvalue weighted by molar-refractivity contribution is 5.74. The number of benzene rings is 6. The molecule has 6 aromatic carbocycles. The molecule has 0 radical (unpaired) electrons. The summed E-state index contributed by atoms with van der Waals surface area (Å²) in [5.74, 6) is 0. The van der Waals surface area contributed by atoms with Crippen LogP contribution in [0.5, 0.6) is 0 Å². The molecule has 0 heterocycles. The Bertz CT molecular complexity index is 2390. The van der Waals surface area contributed by atoms with E-state index >= 15 is 0 Å². The predicted octanol–water partition coefficient (Wildman–Crippen LogP) is 10.7. The highest BCUT2D eigenvalue weighted by atomic mass is 14.9. The van der Waals surface area contributed by atoms with Crippen molar-refractivity contribution in [1.82, 2.24) is 42.5 Å². The van der Waals surface area contributed by atoms with Crippen LogP contribution in [0.2, 0.25) is 0 Å². The van der Waals surface area contributed by atoms with Crippen LogP contribution in [0.25, 0.3) is 33.4 Å². The topological polar surface area (TPSA) is 96.2 Å². The molecular weight excluding hydrogens is 869 g/mol. The molecule has 0 unspecified atom stereocenters. The van der Waals surface area contributed by atoms with Gasteiger partial charge in [-0.1, -0.05) is 126 Å². The van der Waals surface area contributed by atoms with Gasteiger partial charge in [0.25, 0.3) is 0 Å². The Morgan fingerprint density at radius 2 is 0.606 bits per heavy atom. The van der Waals surface area contributed by atoms with Gasteiger partial charge in [-0.2, -0.15) is 0 Å². The van der Waals surface area contributed by atoms with E-state index in [1.807, 2.05) is 0 Å². The Morgan fingerprint density at radius 1 is 0.268 bits per heavy atom. The van der Waals surface area contributed by atoms with E-state index in [0.717, 1.165) is 143 Å². The molecule has 0 aliphatic carbocycles. The van der Waals surface area contributed by atoms with Crippen LogP contribution < -0.4 is 42.5 Å². The van der Waals surface area contributed by atoms with E-state index in [4.69, 9.17) is 0 Å². The zero-order chi connectivity index (χ0) is 49.7. The molecule has 8 N–H and O–H groups in total. The third-order valence-electron chi connectivity index (χ3n) is 13.5. The van der Waals surface area contributed by atoms with Gasteiger partial charge in [-0.25, -0.2) is 0 Å². The van der Waals surface area contributed by atoms with Crippen LogP contribution >= 0.6 is 0 Å². The van der Waals surface area contributed by atoms with E-state index in [2.05, 4.69) is 205 Å². The van der Waals surface area contributed by atoms with E-state index in [1.165, 1.54) is 83.5 Å². The van der Waals surface area contributed by atoms with Crippen LogP contribution in [0.1, 0.15) is 88.6 Å². The molecule has 0 bridgehead atoms. The molecule has 71 heavy (non-hydrogen) atoms. The van der Waals surface area contributed by atoms with Gasteiger partial charge in [0.05, 0.1) is 0 Å². The second-order valence-electron chi connectivity index (χ2n) is 19.7. The first-order valence-electron chi connectivity index (χ1n) is 27.0. The van der Waals surface area contributed by atoms with Crippen LogP contribution in [0.4, 0.5) is 0 Å². The monoisotopic (exact) mass is 957 g/mol. The first-order chi connectivity index (χ1) is 34.8. The summed E-state index contributed by atoms with van der Waals surface area (Å²) in [4.78, 5) is 0. The molecule has 0 aliphatic heterocycles. The second-order valence-corrected chi connectivity index (χ2v) is 19.7. The number of nitrogens with one attached hydrogen (secondary N) is 8. The van der Waals surface area contributed by atoms with E-state index in [9.17, 15) is 0 Å². The van der Waals surface area contributed by atoms with Crippen LogP contribution in [0, 0.1) is 34.6 Å². The van der Waals surface area contributed by atoms with Gasteiger partial charge in [0.1, 0.15) is 0 Å². The van der Waals surface area contributed by atoms with Crippen molar-refractivity contribution in [3.05, 3.63) is 177 Å². The van der Waals surface area contributed by atoms with Crippen molar-refractivity contribution < 1.29 is 0 Å². The first kappa shape index (κ1) is 55.3. The third kappa shape index (κ3) is 20.2. The number of hydrogen-bond donors (Lipinski definition) is 8. The van der Waals surface area contributed by atoms with Crippen LogP contribution in [0.3, 0.4) is 0 Å². The summed E-state index contributed by atoms with van der Waals surface area (Å²) >= 11 is 0. The van der Waals surface area contributed by atoms with Gasteiger partial charge >= 0.3 is 0 Å². The molecule has 8 heteroatoms. The van der Waals surface area contributed by atoms with Gasteiger partial charge in [0, 0.05) is 26.2 Å². The Hall–Kier alpha value is -5.00. The number of aryl methyl sites for hydroxylation is 5. The fraction of sp³-hybridized carbons (Fsp3) is 0.429. The van der Waals surface area contributed by atoms with Gasteiger partial charge in [0.2, 0.25) is 0 Å². The summed E-state index contributed by atoms with van der Waals surface area (Å²) in [5.41, 5.74) is 20.0. The lowest BCUT2D eigenvalue weighted by Gasteiger charge is -2.16. The predicted molar refractivity (Wildman–Crippen MR) is 305 cm³/mol. The quantitative estimate of drug-likeness (QED) is 0.0187. The van der Waals surface area contributed by atoms with Crippen molar-refractivity contribution in [1.29, 1.82) is 0 Å². The van der Waals surface area contributed by atoms with E-state index < -0.39 is 0 Å². The highest BCUT2D eigenvalue weighted by Gasteiger charge is 2.11. The lowest BCUT2D eigenvalue weighted by molar-refractivity contribution is 0.551. The van der Waals surface area contributed by atoms with E-state index in [0.29, 0.717) is 0 Å². The van der Waals surface area contributed by atoms with Gasteiger partial charge in [-0.15, -0.1) is 0 Å². The highest BCUT2D eigenvalue weighted by Crippen LogP contribution is 2.31. The summed E-state index contributed by atoms with van der Waals surface area (Å²) < 4.78 is 0. The molecule has 0 fully saturated rings. The summed E-state index contributed by atoms with van der Waals surface area (Å²) in [6, 6.07) is 46.9. The number of rotatable bonds is 35. The second kappa shape index (κ2) is 32.2. The maximum Gasteiger partial charge on any atom is 0.0214 e. The summed E-state index contributed by atoms with van der Waals surface area (Å²) in [6.45, 7) is 27.2. The Balaban J connectivity index is 0.772.